The summed E-state index contributed by atoms with van der Waals surface area (Å²) in [6.45, 7) is 6.11. The van der Waals surface area contributed by atoms with Gasteiger partial charge in [-0.15, -0.1) is 0 Å². The first-order valence-corrected chi connectivity index (χ1v) is 7.48. The zero-order valence-electron chi connectivity index (χ0n) is 12.5. The number of ether oxygens (including phenoxy) is 1. The van der Waals surface area contributed by atoms with E-state index >= 15 is 0 Å². The molecule has 0 unspecified atom stereocenters. The fraction of sp³-hybridized carbons (Fsp3) is 0.400. The van der Waals surface area contributed by atoms with E-state index in [2.05, 4.69) is 22.2 Å². The number of aromatic amines is 1. The van der Waals surface area contributed by atoms with Crippen LogP contribution in [0.3, 0.4) is 0 Å². The number of aryl methyl sites for hydroxylation is 1. The lowest BCUT2D eigenvalue weighted by Crippen LogP contribution is -2.05. The number of H-pyrrole nitrogens is 1. The molecule has 0 saturated heterocycles. The maximum absolute atomic E-state index is 5.61. The fourth-order valence-electron chi connectivity index (χ4n) is 1.86. The van der Waals surface area contributed by atoms with E-state index in [1.807, 2.05) is 38.1 Å². The molecule has 0 fully saturated rings. The van der Waals surface area contributed by atoms with Gasteiger partial charge in [0.05, 0.1) is 12.3 Å². The van der Waals surface area contributed by atoms with E-state index in [4.69, 9.17) is 17.0 Å². The molecule has 0 aliphatic carbocycles. The van der Waals surface area contributed by atoms with Crippen molar-refractivity contribution in [1.82, 2.24) is 14.9 Å². The number of benzene rings is 1. The first kappa shape index (κ1) is 15.4. The van der Waals surface area contributed by atoms with Gasteiger partial charge in [0.25, 0.3) is 0 Å². The van der Waals surface area contributed by atoms with Crippen LogP contribution in [-0.2, 0) is 6.42 Å². The van der Waals surface area contributed by atoms with Crippen molar-refractivity contribution in [3.63, 3.8) is 0 Å². The lowest BCUT2D eigenvalue weighted by molar-refractivity contribution is 0.242. The van der Waals surface area contributed by atoms with E-state index in [1.54, 1.807) is 10.9 Å². The molecule has 1 heterocycles. The fourth-order valence-corrected chi connectivity index (χ4v) is 2.06. The molecule has 0 radical (unpaired) electrons. The predicted molar refractivity (Wildman–Crippen MR) is 86.6 cm³/mol. The van der Waals surface area contributed by atoms with Gasteiger partial charge in [-0.1, -0.05) is 6.92 Å². The maximum Gasteiger partial charge on any atom is 0.216 e. The van der Waals surface area contributed by atoms with Crippen LogP contribution in [0.4, 0.5) is 0 Å². The van der Waals surface area contributed by atoms with E-state index in [9.17, 15) is 0 Å². The van der Waals surface area contributed by atoms with Gasteiger partial charge in [-0.2, -0.15) is 14.9 Å². The lowest BCUT2D eigenvalue weighted by Gasteiger charge is -2.09. The Morgan fingerprint density at radius 1 is 1.38 bits per heavy atom. The van der Waals surface area contributed by atoms with Crippen molar-refractivity contribution in [3.8, 4) is 5.75 Å². The van der Waals surface area contributed by atoms with Gasteiger partial charge in [0.1, 0.15) is 5.75 Å². The SMILES string of the molecule is CCCc1n[nH]c(=S)n1/N=C/c1ccc(OC(C)C)cc1. The molecular weight excluding hydrogens is 284 g/mol. The van der Waals surface area contributed by atoms with Crippen LogP contribution < -0.4 is 4.74 Å². The van der Waals surface area contributed by atoms with Crippen molar-refractivity contribution >= 4 is 18.4 Å². The molecule has 6 heteroatoms. The normalized spacial score (nSPS) is 11.4. The molecule has 0 amide bonds. The van der Waals surface area contributed by atoms with Crippen LogP contribution in [0.2, 0.25) is 0 Å². The molecule has 0 spiro atoms. The van der Waals surface area contributed by atoms with Gasteiger partial charge in [-0.05, 0) is 62.3 Å². The molecule has 0 aliphatic rings. The van der Waals surface area contributed by atoms with Gasteiger partial charge >= 0.3 is 0 Å². The summed E-state index contributed by atoms with van der Waals surface area (Å²) in [6, 6.07) is 7.79. The zero-order chi connectivity index (χ0) is 15.2. The van der Waals surface area contributed by atoms with Gasteiger partial charge in [0.15, 0.2) is 5.82 Å². The molecule has 21 heavy (non-hydrogen) atoms. The Hall–Kier alpha value is -1.95. The predicted octanol–water partition coefficient (Wildman–Crippen LogP) is 3.56. The Balaban J connectivity index is 2.14. The minimum atomic E-state index is 0.172. The summed E-state index contributed by atoms with van der Waals surface area (Å²) >= 11 is 5.18. The number of hydrogen-bond donors (Lipinski definition) is 1. The smallest absolute Gasteiger partial charge is 0.216 e. The van der Waals surface area contributed by atoms with Crippen molar-refractivity contribution in [2.75, 3.05) is 0 Å². The van der Waals surface area contributed by atoms with Crippen LogP contribution in [0.25, 0.3) is 0 Å². The lowest BCUT2D eigenvalue weighted by atomic mass is 10.2. The Labute approximate surface area is 129 Å². The van der Waals surface area contributed by atoms with Crippen LogP contribution in [-0.4, -0.2) is 27.2 Å². The largest absolute Gasteiger partial charge is 0.491 e. The molecular formula is C15H20N4OS. The summed E-state index contributed by atoms with van der Waals surface area (Å²) in [5.41, 5.74) is 0.983. The minimum absolute atomic E-state index is 0.172. The second-order valence-electron chi connectivity index (χ2n) is 4.99. The average Bonchev–Trinajstić information content (AvgIpc) is 2.79. The molecule has 5 nitrogen and oxygen atoms in total. The Morgan fingerprint density at radius 3 is 2.71 bits per heavy atom. The van der Waals surface area contributed by atoms with E-state index in [1.165, 1.54) is 0 Å². The summed E-state index contributed by atoms with van der Waals surface area (Å²) in [6.07, 6.45) is 3.77. The van der Waals surface area contributed by atoms with Gasteiger partial charge < -0.3 is 4.74 Å². The van der Waals surface area contributed by atoms with Crippen molar-refractivity contribution in [3.05, 3.63) is 40.4 Å². The number of rotatable bonds is 6. The third-order valence-corrected chi connectivity index (χ3v) is 3.03. The van der Waals surface area contributed by atoms with E-state index in [-0.39, 0.29) is 6.10 Å². The summed E-state index contributed by atoms with van der Waals surface area (Å²) in [7, 11) is 0. The van der Waals surface area contributed by atoms with Gasteiger partial charge in [0, 0.05) is 6.42 Å². The zero-order valence-corrected chi connectivity index (χ0v) is 13.4. The van der Waals surface area contributed by atoms with E-state index < -0.39 is 0 Å². The monoisotopic (exact) mass is 304 g/mol. The van der Waals surface area contributed by atoms with E-state index in [0.29, 0.717) is 4.77 Å². The quantitative estimate of drug-likeness (QED) is 0.656. The van der Waals surface area contributed by atoms with Crippen molar-refractivity contribution in [2.45, 2.75) is 39.7 Å². The van der Waals surface area contributed by atoms with Crippen molar-refractivity contribution in [1.29, 1.82) is 0 Å². The molecule has 1 aromatic carbocycles. The molecule has 112 valence electrons. The number of aromatic nitrogens is 3. The Bertz CT molecular complexity index is 655. The first-order valence-electron chi connectivity index (χ1n) is 7.07. The van der Waals surface area contributed by atoms with Crippen LogP contribution >= 0.6 is 12.2 Å². The topological polar surface area (TPSA) is 55.2 Å². The molecule has 0 saturated carbocycles. The summed E-state index contributed by atoms with van der Waals surface area (Å²) in [4.78, 5) is 0. The van der Waals surface area contributed by atoms with Crippen LogP contribution in [0.15, 0.2) is 29.4 Å². The highest BCUT2D eigenvalue weighted by atomic mass is 32.1. The van der Waals surface area contributed by atoms with Gasteiger partial charge in [-0.25, -0.2) is 0 Å². The second kappa shape index (κ2) is 7.17. The van der Waals surface area contributed by atoms with Crippen LogP contribution in [0.5, 0.6) is 5.75 Å². The van der Waals surface area contributed by atoms with Crippen molar-refractivity contribution in [2.24, 2.45) is 5.10 Å². The highest BCUT2D eigenvalue weighted by Gasteiger charge is 2.03. The van der Waals surface area contributed by atoms with Crippen molar-refractivity contribution < 1.29 is 4.74 Å². The standard InChI is InChI=1S/C15H20N4OS/c1-4-5-14-17-18-15(21)19(14)16-10-12-6-8-13(9-7-12)20-11(2)3/h6-11H,4-5H2,1-3H3,(H,18,21)/b16-10+. The Kier molecular flexibility index (Phi) is 5.27. The maximum atomic E-state index is 5.61. The van der Waals surface area contributed by atoms with Gasteiger partial charge in [-0.3, -0.25) is 5.10 Å². The Morgan fingerprint density at radius 2 is 2.10 bits per heavy atom. The summed E-state index contributed by atoms with van der Waals surface area (Å²) < 4.78 is 7.78. The number of nitrogens with one attached hydrogen (secondary N) is 1. The molecule has 0 aliphatic heterocycles. The molecule has 1 N–H and O–H groups in total. The van der Waals surface area contributed by atoms with Crippen LogP contribution in [0.1, 0.15) is 38.6 Å². The average molecular weight is 304 g/mol. The third kappa shape index (κ3) is 4.26. The highest BCUT2D eigenvalue weighted by molar-refractivity contribution is 7.71. The second-order valence-corrected chi connectivity index (χ2v) is 5.37. The molecule has 2 aromatic rings. The third-order valence-electron chi connectivity index (χ3n) is 2.77. The molecule has 0 atom stereocenters. The molecule has 0 bridgehead atoms. The van der Waals surface area contributed by atoms with Crippen LogP contribution in [0, 0.1) is 4.77 Å². The summed E-state index contributed by atoms with van der Waals surface area (Å²) in [5.74, 6) is 1.70. The summed E-state index contributed by atoms with van der Waals surface area (Å²) in [5, 5.41) is 11.3. The number of hydrogen-bond acceptors (Lipinski definition) is 4. The first-order chi connectivity index (χ1) is 10.1. The molecule has 1 aromatic heterocycles. The molecule has 2 rings (SSSR count). The van der Waals surface area contributed by atoms with E-state index in [0.717, 1.165) is 30.0 Å². The minimum Gasteiger partial charge on any atom is -0.491 e. The highest BCUT2D eigenvalue weighted by Crippen LogP contribution is 2.13. The van der Waals surface area contributed by atoms with Gasteiger partial charge in [0.2, 0.25) is 4.77 Å². The number of nitrogens with zero attached hydrogens (tertiary/aromatic N) is 3.